The van der Waals surface area contributed by atoms with Crippen molar-refractivity contribution in [2.75, 3.05) is 13.9 Å². The average molecular weight is 447 g/mol. The van der Waals surface area contributed by atoms with Crippen LogP contribution in [0.25, 0.3) is 0 Å². The van der Waals surface area contributed by atoms with Gasteiger partial charge in [0.2, 0.25) is 6.79 Å². The Kier molecular flexibility index (Phi) is 5.54. The first-order chi connectivity index (χ1) is 16.0. The number of esters is 1. The summed E-state index contributed by atoms with van der Waals surface area (Å²) in [5.41, 5.74) is 4.32. The Morgan fingerprint density at radius 3 is 2.67 bits per heavy atom. The molecule has 0 saturated heterocycles. The molecule has 7 heteroatoms. The van der Waals surface area contributed by atoms with Crippen molar-refractivity contribution in [1.82, 2.24) is 5.32 Å². The van der Waals surface area contributed by atoms with Crippen LogP contribution in [0.3, 0.4) is 0 Å². The Labute approximate surface area is 192 Å². The highest BCUT2D eigenvalue weighted by atomic mass is 16.7. The summed E-state index contributed by atoms with van der Waals surface area (Å²) in [6, 6.07) is 12.9. The Morgan fingerprint density at radius 1 is 1.09 bits per heavy atom. The van der Waals surface area contributed by atoms with Crippen molar-refractivity contribution >= 4 is 11.8 Å². The first kappa shape index (κ1) is 21.1. The monoisotopic (exact) mass is 447 g/mol. The van der Waals surface area contributed by atoms with Crippen LogP contribution in [0.1, 0.15) is 43.2 Å². The summed E-state index contributed by atoms with van der Waals surface area (Å²) in [5, 5.41) is 3.31. The van der Waals surface area contributed by atoms with Crippen LogP contribution in [-0.4, -0.2) is 25.7 Å². The van der Waals surface area contributed by atoms with E-state index in [1.807, 2.05) is 49.4 Å². The van der Waals surface area contributed by atoms with Gasteiger partial charge in [-0.25, -0.2) is 4.79 Å². The first-order valence-corrected chi connectivity index (χ1v) is 11.0. The van der Waals surface area contributed by atoms with Gasteiger partial charge in [0.25, 0.3) is 0 Å². The van der Waals surface area contributed by atoms with E-state index in [0.29, 0.717) is 34.8 Å². The minimum Gasteiger partial charge on any atom is -0.497 e. The van der Waals surface area contributed by atoms with Gasteiger partial charge < -0.3 is 24.3 Å². The molecule has 0 amide bonds. The molecule has 5 rings (SSSR count). The number of fused-ring (bicyclic) bond motifs is 1. The fourth-order valence-electron chi connectivity index (χ4n) is 4.63. The Balaban J connectivity index is 1.48. The number of carbonyl (C=O) groups is 2. The second kappa shape index (κ2) is 8.65. The molecule has 2 aliphatic heterocycles. The summed E-state index contributed by atoms with van der Waals surface area (Å²) in [6.07, 6.45) is 2.03. The van der Waals surface area contributed by atoms with Crippen molar-refractivity contribution in [1.29, 1.82) is 0 Å². The van der Waals surface area contributed by atoms with Crippen molar-refractivity contribution in [2.45, 2.75) is 38.7 Å². The third-order valence-electron chi connectivity index (χ3n) is 6.25. The van der Waals surface area contributed by atoms with Crippen molar-refractivity contribution in [3.63, 3.8) is 0 Å². The smallest absolute Gasteiger partial charge is 0.337 e. The van der Waals surface area contributed by atoms with E-state index in [2.05, 4.69) is 5.32 Å². The van der Waals surface area contributed by atoms with Crippen LogP contribution in [0.4, 0.5) is 0 Å². The molecule has 2 heterocycles. The molecule has 170 valence electrons. The molecule has 2 aromatic carbocycles. The first-order valence-electron chi connectivity index (χ1n) is 11.0. The number of allylic oxidation sites excluding steroid dienone is 3. The highest BCUT2D eigenvalue weighted by molar-refractivity contribution is 6.03. The van der Waals surface area contributed by atoms with E-state index in [0.717, 1.165) is 35.4 Å². The summed E-state index contributed by atoms with van der Waals surface area (Å²) >= 11 is 0. The number of dihydropyridines is 1. The summed E-state index contributed by atoms with van der Waals surface area (Å²) in [6.45, 7) is 2.13. The number of Topliss-reactive ketones (excluding diaryl/α,β-unsaturated/α-hetero) is 1. The lowest BCUT2D eigenvalue weighted by Crippen LogP contribution is -2.34. The molecule has 3 aliphatic rings. The van der Waals surface area contributed by atoms with E-state index in [-0.39, 0.29) is 19.2 Å². The zero-order chi connectivity index (χ0) is 22.9. The summed E-state index contributed by atoms with van der Waals surface area (Å²) in [7, 11) is 1.60. The van der Waals surface area contributed by atoms with Crippen molar-refractivity contribution in [2.24, 2.45) is 0 Å². The number of ether oxygens (including phenoxy) is 4. The van der Waals surface area contributed by atoms with Crippen LogP contribution in [0.2, 0.25) is 0 Å². The molecule has 7 nitrogen and oxygen atoms in total. The molecule has 33 heavy (non-hydrogen) atoms. The summed E-state index contributed by atoms with van der Waals surface area (Å²) in [5.74, 6) is 1.08. The maximum absolute atomic E-state index is 13.4. The quantitative estimate of drug-likeness (QED) is 0.690. The third kappa shape index (κ3) is 3.95. The van der Waals surface area contributed by atoms with Crippen LogP contribution in [-0.2, 0) is 20.9 Å². The predicted octanol–water partition coefficient (Wildman–Crippen LogP) is 4.14. The standard InChI is InChI=1S/C26H25NO6/c1-15-23(26(29)31-13-16-6-9-18(30-2)10-7-16)24(25-19(27-15)4-3-5-20(25)28)17-8-11-21-22(12-17)33-14-32-21/h6-12,24,27H,3-5,13-14H2,1-2H3/t24-/m1/s1. The lowest BCUT2D eigenvalue weighted by atomic mass is 9.75. The van der Waals surface area contributed by atoms with Gasteiger partial charge in [-0.3, -0.25) is 4.79 Å². The number of rotatable bonds is 5. The fourth-order valence-corrected chi connectivity index (χ4v) is 4.63. The van der Waals surface area contributed by atoms with Gasteiger partial charge in [0.05, 0.1) is 12.7 Å². The fraction of sp³-hybridized carbons (Fsp3) is 0.308. The molecule has 1 N–H and O–H groups in total. The van der Waals surface area contributed by atoms with Gasteiger partial charge in [-0.15, -0.1) is 0 Å². The summed E-state index contributed by atoms with van der Waals surface area (Å²) in [4.78, 5) is 26.4. The minimum atomic E-state index is -0.521. The molecule has 0 saturated carbocycles. The van der Waals surface area contributed by atoms with Crippen molar-refractivity contribution in [3.8, 4) is 17.2 Å². The highest BCUT2D eigenvalue weighted by Crippen LogP contribution is 2.45. The van der Waals surface area contributed by atoms with Crippen LogP contribution in [0.5, 0.6) is 17.2 Å². The zero-order valence-corrected chi connectivity index (χ0v) is 18.6. The van der Waals surface area contributed by atoms with Crippen LogP contribution in [0, 0.1) is 0 Å². The minimum absolute atomic E-state index is 0.0550. The molecule has 0 unspecified atom stereocenters. The van der Waals surface area contributed by atoms with Crippen LogP contribution < -0.4 is 19.5 Å². The number of carbonyl (C=O) groups excluding carboxylic acids is 2. The van der Waals surface area contributed by atoms with E-state index >= 15 is 0 Å². The average Bonchev–Trinajstić information content (AvgIpc) is 3.30. The van der Waals surface area contributed by atoms with Crippen LogP contribution in [0.15, 0.2) is 65.0 Å². The lowest BCUT2D eigenvalue weighted by molar-refractivity contribution is -0.140. The lowest BCUT2D eigenvalue weighted by Gasteiger charge is -2.34. The summed E-state index contributed by atoms with van der Waals surface area (Å²) < 4.78 is 21.9. The number of hydrogen-bond acceptors (Lipinski definition) is 7. The Bertz CT molecular complexity index is 1180. The highest BCUT2D eigenvalue weighted by Gasteiger charge is 2.39. The van der Waals surface area contributed by atoms with Gasteiger partial charge >= 0.3 is 5.97 Å². The maximum Gasteiger partial charge on any atom is 0.337 e. The number of hydrogen-bond donors (Lipinski definition) is 1. The van der Waals surface area contributed by atoms with Gasteiger partial charge in [-0.1, -0.05) is 18.2 Å². The third-order valence-corrected chi connectivity index (χ3v) is 6.25. The normalized spacial score (nSPS) is 19.2. The molecular formula is C26H25NO6. The molecule has 0 spiro atoms. The Morgan fingerprint density at radius 2 is 1.88 bits per heavy atom. The second-order valence-electron chi connectivity index (χ2n) is 8.30. The van der Waals surface area contributed by atoms with Gasteiger partial charge in [-0.2, -0.15) is 0 Å². The molecule has 0 fully saturated rings. The molecule has 2 aromatic rings. The van der Waals surface area contributed by atoms with E-state index in [4.69, 9.17) is 18.9 Å². The van der Waals surface area contributed by atoms with Gasteiger partial charge in [0, 0.05) is 29.3 Å². The van der Waals surface area contributed by atoms with Gasteiger partial charge in [-0.05, 0) is 55.2 Å². The second-order valence-corrected chi connectivity index (χ2v) is 8.30. The largest absolute Gasteiger partial charge is 0.497 e. The van der Waals surface area contributed by atoms with E-state index in [1.165, 1.54) is 0 Å². The van der Waals surface area contributed by atoms with Crippen molar-refractivity contribution < 1.29 is 28.5 Å². The number of nitrogens with one attached hydrogen (secondary N) is 1. The zero-order valence-electron chi connectivity index (χ0n) is 18.6. The van der Waals surface area contributed by atoms with Crippen LogP contribution >= 0.6 is 0 Å². The molecule has 1 aliphatic carbocycles. The molecule has 0 radical (unpaired) electrons. The maximum atomic E-state index is 13.4. The predicted molar refractivity (Wildman–Crippen MR) is 120 cm³/mol. The van der Waals surface area contributed by atoms with Crippen molar-refractivity contribution in [3.05, 3.63) is 76.1 Å². The molecular weight excluding hydrogens is 422 g/mol. The molecule has 0 bridgehead atoms. The number of ketones is 1. The van der Waals surface area contributed by atoms with E-state index < -0.39 is 11.9 Å². The SMILES string of the molecule is COc1ccc(COC(=O)C2=C(C)NC3=C(C(=O)CCC3)[C@@H]2c2ccc3c(c2)OCO3)cc1. The Hall–Kier alpha value is -3.74. The topological polar surface area (TPSA) is 83.1 Å². The van der Waals surface area contributed by atoms with E-state index in [9.17, 15) is 9.59 Å². The molecule has 0 aromatic heterocycles. The van der Waals surface area contributed by atoms with Gasteiger partial charge in [0.15, 0.2) is 17.3 Å². The van der Waals surface area contributed by atoms with E-state index in [1.54, 1.807) is 7.11 Å². The number of benzene rings is 2. The molecule has 1 atom stereocenters. The van der Waals surface area contributed by atoms with Gasteiger partial charge in [0.1, 0.15) is 12.4 Å². The number of methoxy groups -OCH3 is 1.